The molecular weight excluding hydrogens is 384 g/mol. The number of para-hydroxylation sites is 2. The molecule has 2 aromatic rings. The van der Waals surface area contributed by atoms with Crippen molar-refractivity contribution in [3.63, 3.8) is 0 Å². The highest BCUT2D eigenvalue weighted by Gasteiger charge is 2.22. The van der Waals surface area contributed by atoms with Crippen molar-refractivity contribution in [1.29, 1.82) is 0 Å². The summed E-state index contributed by atoms with van der Waals surface area (Å²) >= 11 is 0. The molecule has 0 spiro atoms. The van der Waals surface area contributed by atoms with Crippen LogP contribution >= 0.6 is 0 Å². The molecule has 0 saturated carbocycles. The minimum atomic E-state index is -0.430. The van der Waals surface area contributed by atoms with Crippen LogP contribution < -0.4 is 10.6 Å². The van der Waals surface area contributed by atoms with E-state index in [0.717, 1.165) is 25.2 Å². The molecule has 1 heterocycles. The Morgan fingerprint density at radius 1 is 1.10 bits per heavy atom. The molecule has 1 aliphatic heterocycles. The van der Waals surface area contributed by atoms with Crippen molar-refractivity contribution in [2.24, 2.45) is 0 Å². The van der Waals surface area contributed by atoms with Crippen LogP contribution in [0.1, 0.15) is 29.8 Å². The quantitative estimate of drug-likeness (QED) is 0.393. The lowest BCUT2D eigenvalue weighted by Crippen LogP contribution is -2.44. The lowest BCUT2D eigenvalue weighted by atomic mass is 10.1. The minimum Gasteiger partial charge on any atom is -0.378 e. The number of nitrogens with zero attached hydrogens (tertiary/aromatic N) is 2. The molecule has 1 amide bonds. The summed E-state index contributed by atoms with van der Waals surface area (Å²) in [6, 6.07) is 14.1. The van der Waals surface area contributed by atoms with E-state index >= 15 is 0 Å². The molecule has 2 aromatic carbocycles. The van der Waals surface area contributed by atoms with Crippen LogP contribution in [0.4, 0.5) is 11.4 Å². The van der Waals surface area contributed by atoms with Gasteiger partial charge in [0.2, 0.25) is 0 Å². The molecule has 0 radical (unpaired) electrons. The van der Waals surface area contributed by atoms with E-state index in [9.17, 15) is 14.9 Å². The Morgan fingerprint density at radius 3 is 2.43 bits per heavy atom. The third kappa shape index (κ3) is 6.01. The van der Waals surface area contributed by atoms with Gasteiger partial charge in [-0.05, 0) is 37.6 Å². The predicted octanol–water partition coefficient (Wildman–Crippen LogP) is 3.05. The first-order chi connectivity index (χ1) is 14.4. The Hall–Kier alpha value is -2.97. The fourth-order valence-electron chi connectivity index (χ4n) is 3.69. The maximum absolute atomic E-state index is 12.3. The first-order valence-corrected chi connectivity index (χ1v) is 10.1. The molecule has 1 fully saturated rings. The van der Waals surface area contributed by atoms with Gasteiger partial charge in [-0.25, -0.2) is 0 Å². The average Bonchev–Trinajstić information content (AvgIpc) is 2.71. The third-order valence-corrected chi connectivity index (χ3v) is 4.94. The normalized spacial score (nSPS) is 19.3. The van der Waals surface area contributed by atoms with Crippen molar-refractivity contribution in [3.8, 4) is 0 Å². The number of benzene rings is 2. The largest absolute Gasteiger partial charge is 0.378 e. The molecule has 2 unspecified atom stereocenters. The van der Waals surface area contributed by atoms with Crippen LogP contribution in [-0.2, 0) is 11.3 Å². The topological polar surface area (TPSA) is 96.7 Å². The molecule has 3 rings (SSSR count). The van der Waals surface area contributed by atoms with E-state index in [1.165, 1.54) is 6.07 Å². The second kappa shape index (κ2) is 10.2. The van der Waals surface area contributed by atoms with Gasteiger partial charge in [-0.2, -0.15) is 0 Å². The molecule has 160 valence electrons. The highest BCUT2D eigenvalue weighted by Crippen LogP contribution is 2.22. The SMILES string of the molecule is CC1CN(Cc2ccc(C(=O)NCCNc3ccccc3[N+](=O)[O-])cc2)CC(C)O1. The molecule has 0 aromatic heterocycles. The molecule has 0 aliphatic carbocycles. The third-order valence-electron chi connectivity index (χ3n) is 4.94. The first kappa shape index (κ1) is 21.7. The van der Waals surface area contributed by atoms with E-state index in [4.69, 9.17) is 4.74 Å². The number of ether oxygens (including phenoxy) is 1. The molecule has 8 heteroatoms. The van der Waals surface area contributed by atoms with Crippen LogP contribution in [0.15, 0.2) is 48.5 Å². The lowest BCUT2D eigenvalue weighted by Gasteiger charge is -2.35. The highest BCUT2D eigenvalue weighted by atomic mass is 16.6. The van der Waals surface area contributed by atoms with Crippen LogP contribution in [0.5, 0.6) is 0 Å². The van der Waals surface area contributed by atoms with E-state index < -0.39 is 4.92 Å². The van der Waals surface area contributed by atoms with Crippen LogP contribution in [0.3, 0.4) is 0 Å². The number of morpholine rings is 1. The predicted molar refractivity (Wildman–Crippen MR) is 116 cm³/mol. The van der Waals surface area contributed by atoms with Crippen molar-refractivity contribution in [1.82, 2.24) is 10.2 Å². The van der Waals surface area contributed by atoms with Crippen LogP contribution in [-0.4, -0.2) is 54.1 Å². The Morgan fingerprint density at radius 2 is 1.77 bits per heavy atom. The van der Waals surface area contributed by atoms with Gasteiger partial charge >= 0.3 is 0 Å². The summed E-state index contributed by atoms with van der Waals surface area (Å²) in [7, 11) is 0. The van der Waals surface area contributed by atoms with E-state index in [1.54, 1.807) is 18.2 Å². The Kier molecular flexibility index (Phi) is 7.37. The number of anilines is 1. The van der Waals surface area contributed by atoms with Crippen LogP contribution in [0.2, 0.25) is 0 Å². The van der Waals surface area contributed by atoms with Gasteiger partial charge in [-0.1, -0.05) is 24.3 Å². The summed E-state index contributed by atoms with van der Waals surface area (Å²) in [4.78, 5) is 25.3. The number of amides is 1. The fourth-order valence-corrected chi connectivity index (χ4v) is 3.69. The zero-order valence-electron chi connectivity index (χ0n) is 17.3. The molecule has 1 saturated heterocycles. The van der Waals surface area contributed by atoms with Gasteiger partial charge in [0.1, 0.15) is 5.69 Å². The number of hydrogen-bond acceptors (Lipinski definition) is 6. The minimum absolute atomic E-state index is 0.0171. The molecule has 0 bridgehead atoms. The molecular formula is C22H28N4O4. The van der Waals surface area contributed by atoms with Crippen LogP contribution in [0, 0.1) is 10.1 Å². The monoisotopic (exact) mass is 412 g/mol. The number of hydrogen-bond donors (Lipinski definition) is 2. The fraction of sp³-hybridized carbons (Fsp3) is 0.409. The van der Waals surface area contributed by atoms with Gasteiger partial charge in [-0.3, -0.25) is 19.8 Å². The van der Waals surface area contributed by atoms with Gasteiger partial charge in [0.05, 0.1) is 17.1 Å². The van der Waals surface area contributed by atoms with E-state index in [-0.39, 0.29) is 23.8 Å². The Labute approximate surface area is 176 Å². The summed E-state index contributed by atoms with van der Waals surface area (Å²) in [6.45, 7) is 7.55. The first-order valence-electron chi connectivity index (χ1n) is 10.1. The van der Waals surface area contributed by atoms with E-state index in [2.05, 4.69) is 29.4 Å². The van der Waals surface area contributed by atoms with Crippen molar-refractivity contribution >= 4 is 17.3 Å². The van der Waals surface area contributed by atoms with Crippen molar-refractivity contribution in [2.45, 2.75) is 32.6 Å². The van der Waals surface area contributed by atoms with Crippen molar-refractivity contribution < 1.29 is 14.5 Å². The van der Waals surface area contributed by atoms with E-state index in [1.807, 2.05) is 24.3 Å². The van der Waals surface area contributed by atoms with E-state index in [0.29, 0.717) is 24.3 Å². The van der Waals surface area contributed by atoms with Crippen molar-refractivity contribution in [2.75, 3.05) is 31.5 Å². The number of carbonyl (C=O) groups is 1. The zero-order chi connectivity index (χ0) is 21.5. The maximum Gasteiger partial charge on any atom is 0.292 e. The molecule has 30 heavy (non-hydrogen) atoms. The molecule has 1 aliphatic rings. The zero-order valence-corrected chi connectivity index (χ0v) is 17.3. The summed E-state index contributed by atoms with van der Waals surface area (Å²) in [5.74, 6) is -0.167. The van der Waals surface area contributed by atoms with Crippen molar-refractivity contribution in [3.05, 3.63) is 69.8 Å². The number of nitro groups is 1. The highest BCUT2D eigenvalue weighted by molar-refractivity contribution is 5.94. The smallest absolute Gasteiger partial charge is 0.292 e. The lowest BCUT2D eigenvalue weighted by molar-refractivity contribution is -0.384. The number of nitrogens with one attached hydrogen (secondary N) is 2. The van der Waals surface area contributed by atoms with Gasteiger partial charge in [-0.15, -0.1) is 0 Å². The van der Waals surface area contributed by atoms with Gasteiger partial charge in [0.25, 0.3) is 11.6 Å². The Balaban J connectivity index is 1.45. The molecule has 8 nitrogen and oxygen atoms in total. The number of nitro benzene ring substituents is 1. The summed E-state index contributed by atoms with van der Waals surface area (Å²) in [5, 5.41) is 16.8. The second-order valence-electron chi connectivity index (χ2n) is 7.61. The Bertz CT molecular complexity index is 862. The van der Waals surface area contributed by atoms with Gasteiger partial charge < -0.3 is 15.4 Å². The number of carbonyl (C=O) groups excluding carboxylic acids is 1. The standard InChI is InChI=1S/C22H28N4O4/c1-16-13-25(14-17(2)30-16)15-18-7-9-19(10-8-18)22(27)24-12-11-23-20-5-3-4-6-21(20)26(28)29/h3-10,16-17,23H,11-15H2,1-2H3,(H,24,27). The second-order valence-corrected chi connectivity index (χ2v) is 7.61. The summed E-state index contributed by atoms with van der Waals surface area (Å²) < 4.78 is 5.76. The molecule has 2 N–H and O–H groups in total. The molecule has 2 atom stereocenters. The van der Waals surface area contributed by atoms with Crippen LogP contribution in [0.25, 0.3) is 0 Å². The van der Waals surface area contributed by atoms with Gasteiger partial charge in [0, 0.05) is 44.4 Å². The maximum atomic E-state index is 12.3. The number of rotatable bonds is 8. The summed E-state index contributed by atoms with van der Waals surface area (Å²) in [5.41, 5.74) is 2.20. The summed E-state index contributed by atoms with van der Waals surface area (Å²) in [6.07, 6.45) is 0.453. The van der Waals surface area contributed by atoms with Gasteiger partial charge in [0.15, 0.2) is 0 Å². The average molecular weight is 412 g/mol.